The fourth-order valence-electron chi connectivity index (χ4n) is 3.74. The third kappa shape index (κ3) is 1.70. The Labute approximate surface area is 121 Å². The zero-order chi connectivity index (χ0) is 13.7. The van der Waals surface area contributed by atoms with Gasteiger partial charge in [0, 0.05) is 17.5 Å². The van der Waals surface area contributed by atoms with Crippen molar-refractivity contribution >= 4 is 28.2 Å². The van der Waals surface area contributed by atoms with Crippen molar-refractivity contribution < 1.29 is 4.74 Å². The molecule has 0 aromatic carbocycles. The number of rotatable bonds is 1. The van der Waals surface area contributed by atoms with Crippen LogP contribution in [-0.2, 0) is 4.74 Å². The van der Waals surface area contributed by atoms with E-state index in [1.54, 1.807) is 6.20 Å². The Balaban J connectivity index is 1.94. The maximum absolute atomic E-state index is 6.15. The molecule has 1 aliphatic carbocycles. The van der Waals surface area contributed by atoms with Crippen molar-refractivity contribution in [2.45, 2.75) is 18.8 Å². The highest BCUT2D eigenvalue weighted by atomic mass is 35.5. The van der Waals surface area contributed by atoms with E-state index in [1.165, 1.54) is 12.8 Å². The molecule has 2 aromatic heterocycles. The summed E-state index contributed by atoms with van der Waals surface area (Å²) in [5, 5.41) is 9.94. The number of hydrogen-bond acceptors (Lipinski definition) is 5. The summed E-state index contributed by atoms with van der Waals surface area (Å²) in [6.45, 7) is 1.62. The van der Waals surface area contributed by atoms with Crippen LogP contribution in [0.4, 0.5) is 5.82 Å². The van der Waals surface area contributed by atoms with Gasteiger partial charge in [-0.3, -0.25) is 4.98 Å². The molecule has 1 saturated heterocycles. The zero-order valence-corrected chi connectivity index (χ0v) is 11.7. The highest BCUT2D eigenvalue weighted by molar-refractivity contribution is 6.34. The number of nitrogen functional groups attached to an aromatic ring is 1. The van der Waals surface area contributed by atoms with Gasteiger partial charge in [-0.2, -0.15) is 0 Å². The fraction of sp³-hybridized carbons (Fsp3) is 0.500. The van der Waals surface area contributed by atoms with E-state index in [9.17, 15) is 0 Å². The number of aromatic nitrogens is 3. The topological polar surface area (TPSA) is 73.9 Å². The van der Waals surface area contributed by atoms with Crippen LogP contribution in [0.1, 0.15) is 24.5 Å². The average molecular weight is 291 g/mol. The van der Waals surface area contributed by atoms with Gasteiger partial charge in [-0.15, -0.1) is 10.2 Å². The van der Waals surface area contributed by atoms with Crippen LogP contribution in [0.2, 0.25) is 5.15 Å². The monoisotopic (exact) mass is 290 g/mol. The van der Waals surface area contributed by atoms with E-state index in [0.29, 0.717) is 28.7 Å². The number of nitrogens with zero attached hydrogens (tertiary/aromatic N) is 3. The summed E-state index contributed by atoms with van der Waals surface area (Å²) in [6.07, 6.45) is 4.18. The highest BCUT2D eigenvalue weighted by Crippen LogP contribution is 2.48. The first-order chi connectivity index (χ1) is 9.75. The molecular formula is C14H15ClN4O. The SMILES string of the molecule is Nc1nnc(Cl)c2ccnc(C3[C@@H]4CC[C@H]3COC4)c12. The van der Waals surface area contributed by atoms with Crippen molar-refractivity contribution in [3.8, 4) is 0 Å². The van der Waals surface area contributed by atoms with Gasteiger partial charge in [0.05, 0.1) is 24.3 Å². The molecule has 2 aromatic rings. The minimum Gasteiger partial charge on any atom is -0.382 e. The zero-order valence-electron chi connectivity index (χ0n) is 10.9. The van der Waals surface area contributed by atoms with Gasteiger partial charge in [0.2, 0.25) is 0 Å². The lowest BCUT2D eigenvalue weighted by atomic mass is 9.83. The summed E-state index contributed by atoms with van der Waals surface area (Å²) in [6, 6.07) is 1.85. The number of fused-ring (bicyclic) bond motifs is 3. The standard InChI is InChI=1S/C14H15ClN4O/c15-13-9-3-4-17-12(11(9)14(16)19-18-13)10-7-1-2-8(10)6-20-5-7/h3-4,7-8,10H,1-2,5-6H2,(H2,16,19)/t7-,8+,10?. The van der Waals surface area contributed by atoms with Crippen molar-refractivity contribution in [1.82, 2.24) is 15.2 Å². The summed E-state index contributed by atoms with van der Waals surface area (Å²) in [4.78, 5) is 4.61. The van der Waals surface area contributed by atoms with Gasteiger partial charge in [-0.05, 0) is 30.7 Å². The number of halogens is 1. The number of pyridine rings is 1. The second kappa shape index (κ2) is 4.53. The molecule has 3 atom stereocenters. The largest absolute Gasteiger partial charge is 0.382 e. The predicted molar refractivity (Wildman–Crippen MR) is 76.5 cm³/mol. The molecular weight excluding hydrogens is 276 g/mol. The molecule has 20 heavy (non-hydrogen) atoms. The van der Waals surface area contributed by atoms with E-state index in [1.807, 2.05) is 6.07 Å². The third-order valence-corrected chi connectivity index (χ3v) is 4.89. The van der Waals surface area contributed by atoms with Crippen molar-refractivity contribution in [3.63, 3.8) is 0 Å². The molecule has 1 unspecified atom stereocenters. The van der Waals surface area contributed by atoms with Crippen LogP contribution in [0.25, 0.3) is 10.8 Å². The van der Waals surface area contributed by atoms with E-state index in [4.69, 9.17) is 22.1 Å². The van der Waals surface area contributed by atoms with Crippen LogP contribution >= 0.6 is 11.6 Å². The summed E-state index contributed by atoms with van der Waals surface area (Å²) in [5.74, 6) is 1.87. The maximum atomic E-state index is 6.15. The number of anilines is 1. The molecule has 1 saturated carbocycles. The summed E-state index contributed by atoms with van der Waals surface area (Å²) in [5.41, 5.74) is 7.06. The van der Waals surface area contributed by atoms with Gasteiger partial charge in [-0.1, -0.05) is 11.6 Å². The van der Waals surface area contributed by atoms with E-state index >= 15 is 0 Å². The smallest absolute Gasteiger partial charge is 0.159 e. The van der Waals surface area contributed by atoms with Crippen LogP contribution in [0.15, 0.2) is 12.3 Å². The van der Waals surface area contributed by atoms with Gasteiger partial charge in [0.15, 0.2) is 11.0 Å². The van der Waals surface area contributed by atoms with E-state index in [-0.39, 0.29) is 0 Å². The van der Waals surface area contributed by atoms with E-state index < -0.39 is 0 Å². The molecule has 2 N–H and O–H groups in total. The predicted octanol–water partition coefficient (Wildman–Crippen LogP) is 2.40. The lowest BCUT2D eigenvalue weighted by molar-refractivity contribution is 0.0315. The Kier molecular flexibility index (Phi) is 2.79. The molecule has 3 heterocycles. The van der Waals surface area contributed by atoms with E-state index in [0.717, 1.165) is 29.7 Å². The van der Waals surface area contributed by atoms with Crippen molar-refractivity contribution in [1.29, 1.82) is 0 Å². The summed E-state index contributed by atoms with van der Waals surface area (Å²) < 4.78 is 5.66. The molecule has 0 amide bonds. The number of nitrogens with two attached hydrogens (primary N) is 1. The molecule has 0 spiro atoms. The molecule has 0 radical (unpaired) electrons. The Morgan fingerprint density at radius 2 is 1.95 bits per heavy atom. The van der Waals surface area contributed by atoms with E-state index in [2.05, 4.69) is 15.2 Å². The third-order valence-electron chi connectivity index (χ3n) is 4.61. The molecule has 2 aliphatic rings. The summed E-state index contributed by atoms with van der Waals surface area (Å²) >= 11 is 6.15. The van der Waals surface area contributed by atoms with Gasteiger partial charge in [0.25, 0.3) is 0 Å². The quantitative estimate of drug-likeness (QED) is 0.873. The van der Waals surface area contributed by atoms with Crippen molar-refractivity contribution in [2.75, 3.05) is 18.9 Å². The van der Waals surface area contributed by atoms with Crippen molar-refractivity contribution in [2.24, 2.45) is 11.8 Å². The van der Waals surface area contributed by atoms with Crippen molar-refractivity contribution in [3.05, 3.63) is 23.1 Å². The number of ether oxygens (including phenoxy) is 1. The molecule has 6 heteroatoms. The first kappa shape index (κ1) is 12.3. The lowest BCUT2D eigenvalue weighted by Gasteiger charge is -2.30. The molecule has 5 nitrogen and oxygen atoms in total. The average Bonchev–Trinajstić information content (AvgIpc) is 2.71. The van der Waals surface area contributed by atoms with Gasteiger partial charge in [-0.25, -0.2) is 0 Å². The maximum Gasteiger partial charge on any atom is 0.159 e. The second-order valence-corrected chi connectivity index (χ2v) is 6.01. The van der Waals surface area contributed by atoms with Gasteiger partial charge in [0.1, 0.15) is 0 Å². The Morgan fingerprint density at radius 1 is 1.20 bits per heavy atom. The van der Waals surface area contributed by atoms with Crippen LogP contribution < -0.4 is 5.73 Å². The first-order valence-electron chi connectivity index (χ1n) is 6.89. The molecule has 2 fully saturated rings. The summed E-state index contributed by atoms with van der Waals surface area (Å²) in [7, 11) is 0. The molecule has 2 bridgehead atoms. The fourth-order valence-corrected chi connectivity index (χ4v) is 3.93. The first-order valence-corrected chi connectivity index (χ1v) is 7.27. The Morgan fingerprint density at radius 3 is 2.70 bits per heavy atom. The number of hydrogen-bond donors (Lipinski definition) is 1. The van der Waals surface area contributed by atoms with Crippen LogP contribution in [0, 0.1) is 11.8 Å². The minimum absolute atomic E-state index is 0.386. The molecule has 1 aliphatic heterocycles. The second-order valence-electron chi connectivity index (χ2n) is 5.66. The Bertz CT molecular complexity index is 662. The molecule has 104 valence electrons. The lowest BCUT2D eigenvalue weighted by Crippen LogP contribution is -2.28. The Hall–Kier alpha value is -1.46. The highest BCUT2D eigenvalue weighted by Gasteiger charge is 2.42. The van der Waals surface area contributed by atoms with Crippen LogP contribution in [0.5, 0.6) is 0 Å². The molecule has 4 rings (SSSR count). The van der Waals surface area contributed by atoms with Crippen LogP contribution in [-0.4, -0.2) is 28.4 Å². The van der Waals surface area contributed by atoms with Gasteiger partial charge >= 0.3 is 0 Å². The van der Waals surface area contributed by atoms with Gasteiger partial charge < -0.3 is 10.5 Å². The van der Waals surface area contributed by atoms with Crippen LogP contribution in [0.3, 0.4) is 0 Å². The normalized spacial score (nSPS) is 28.9. The minimum atomic E-state index is 0.386.